The van der Waals surface area contributed by atoms with E-state index < -0.39 is 0 Å². The fourth-order valence-electron chi connectivity index (χ4n) is 3.17. The summed E-state index contributed by atoms with van der Waals surface area (Å²) in [4.78, 5) is 16.9. The van der Waals surface area contributed by atoms with Crippen molar-refractivity contribution in [2.75, 3.05) is 11.1 Å². The van der Waals surface area contributed by atoms with Gasteiger partial charge in [-0.05, 0) is 13.3 Å². The molecule has 6 nitrogen and oxygen atoms in total. The number of nitrogens with zero attached hydrogens (tertiary/aromatic N) is 4. The number of hydrogen-bond donors (Lipinski definition) is 1. The molecule has 1 aromatic carbocycles. The van der Waals surface area contributed by atoms with Crippen molar-refractivity contribution in [1.82, 2.24) is 19.7 Å². The zero-order valence-electron chi connectivity index (χ0n) is 17.6. The van der Waals surface area contributed by atoms with Crippen LogP contribution in [0, 0.1) is 0 Å². The molecular weight excluding hydrogens is 414 g/mol. The lowest BCUT2D eigenvalue weighted by Gasteiger charge is -2.07. The average Bonchev–Trinajstić information content (AvgIpc) is 3.39. The fourth-order valence-corrected chi connectivity index (χ4v) is 4.73. The van der Waals surface area contributed by atoms with Crippen LogP contribution in [0.25, 0.3) is 11.3 Å². The van der Waals surface area contributed by atoms with Gasteiger partial charge in [-0.3, -0.25) is 4.79 Å². The van der Waals surface area contributed by atoms with Gasteiger partial charge in [0, 0.05) is 23.9 Å². The maximum absolute atomic E-state index is 12.4. The summed E-state index contributed by atoms with van der Waals surface area (Å²) in [6.07, 6.45) is 7.14. The number of thioether (sulfide) groups is 1. The van der Waals surface area contributed by atoms with Crippen molar-refractivity contribution in [2.24, 2.45) is 0 Å². The van der Waals surface area contributed by atoms with Gasteiger partial charge in [-0.1, -0.05) is 74.7 Å². The number of aryl methyl sites for hydroxylation is 1. The van der Waals surface area contributed by atoms with Crippen LogP contribution in [0.4, 0.5) is 5.13 Å². The van der Waals surface area contributed by atoms with Gasteiger partial charge in [0.25, 0.3) is 0 Å². The first-order valence-corrected chi connectivity index (χ1v) is 12.4. The van der Waals surface area contributed by atoms with Crippen LogP contribution in [0.3, 0.4) is 0 Å². The highest BCUT2D eigenvalue weighted by atomic mass is 32.2. The predicted molar refractivity (Wildman–Crippen MR) is 125 cm³/mol. The van der Waals surface area contributed by atoms with Gasteiger partial charge in [-0.2, -0.15) is 0 Å². The Morgan fingerprint density at radius 1 is 1.10 bits per heavy atom. The van der Waals surface area contributed by atoms with Gasteiger partial charge >= 0.3 is 0 Å². The Balaban J connectivity index is 1.49. The minimum Gasteiger partial charge on any atom is -0.306 e. The summed E-state index contributed by atoms with van der Waals surface area (Å²) in [7, 11) is 0. The highest BCUT2D eigenvalue weighted by Gasteiger charge is 2.14. The molecule has 30 heavy (non-hydrogen) atoms. The van der Waals surface area contributed by atoms with Crippen LogP contribution in [0.15, 0.2) is 40.9 Å². The number of aromatic nitrogens is 4. The van der Waals surface area contributed by atoms with E-state index in [-0.39, 0.29) is 11.7 Å². The summed E-state index contributed by atoms with van der Waals surface area (Å²) < 4.78 is 2.12. The van der Waals surface area contributed by atoms with Gasteiger partial charge in [-0.25, -0.2) is 4.98 Å². The Hall–Kier alpha value is -2.19. The summed E-state index contributed by atoms with van der Waals surface area (Å²) in [5, 5.41) is 14.9. The largest absolute Gasteiger partial charge is 0.306 e. The number of benzene rings is 1. The van der Waals surface area contributed by atoms with Gasteiger partial charge in [0.15, 0.2) is 10.3 Å². The lowest BCUT2D eigenvalue weighted by molar-refractivity contribution is -0.113. The zero-order valence-corrected chi connectivity index (χ0v) is 19.3. The molecule has 1 amide bonds. The normalized spacial score (nSPS) is 11.0. The molecule has 0 unspecified atom stereocenters. The lowest BCUT2D eigenvalue weighted by atomic mass is 10.1. The van der Waals surface area contributed by atoms with E-state index in [0.29, 0.717) is 5.13 Å². The molecule has 3 aromatic rings. The number of hydrogen-bond acceptors (Lipinski definition) is 6. The number of carbonyl (C=O) groups excluding carboxylic acids is 1. The van der Waals surface area contributed by atoms with Crippen LogP contribution >= 0.6 is 23.1 Å². The Labute approximate surface area is 186 Å². The molecule has 1 N–H and O–H groups in total. The van der Waals surface area contributed by atoms with Crippen LogP contribution in [0.5, 0.6) is 0 Å². The van der Waals surface area contributed by atoms with E-state index >= 15 is 0 Å². The molecule has 8 heteroatoms. The quantitative estimate of drug-likeness (QED) is 0.289. The monoisotopic (exact) mass is 443 g/mol. The van der Waals surface area contributed by atoms with Gasteiger partial charge < -0.3 is 9.88 Å². The topological polar surface area (TPSA) is 72.7 Å². The predicted octanol–water partition coefficient (Wildman–Crippen LogP) is 5.67. The summed E-state index contributed by atoms with van der Waals surface area (Å²) in [5.74, 6) is 1.22. The van der Waals surface area contributed by atoms with E-state index in [1.165, 1.54) is 48.8 Å². The Bertz CT molecular complexity index is 923. The molecule has 0 radical (unpaired) electrons. The van der Waals surface area contributed by atoms with Crippen LogP contribution in [0.2, 0.25) is 0 Å². The van der Waals surface area contributed by atoms with Crippen LogP contribution in [-0.4, -0.2) is 31.4 Å². The molecule has 0 aliphatic rings. The van der Waals surface area contributed by atoms with Gasteiger partial charge in [0.05, 0.1) is 11.4 Å². The second-order valence-corrected chi connectivity index (χ2v) is 8.85. The summed E-state index contributed by atoms with van der Waals surface area (Å²) >= 11 is 2.86. The molecule has 0 saturated heterocycles. The lowest BCUT2D eigenvalue weighted by Crippen LogP contribution is -2.14. The third-order valence-electron chi connectivity index (χ3n) is 4.77. The number of unbranched alkanes of at least 4 members (excludes halogenated alkanes) is 4. The second-order valence-electron chi connectivity index (χ2n) is 7.05. The maximum atomic E-state index is 12.4. The molecule has 0 fully saturated rings. The first-order valence-electron chi connectivity index (χ1n) is 10.6. The van der Waals surface area contributed by atoms with Crippen molar-refractivity contribution < 1.29 is 4.79 Å². The summed E-state index contributed by atoms with van der Waals surface area (Å²) in [6.45, 7) is 5.13. The number of rotatable bonds is 12. The van der Waals surface area contributed by atoms with E-state index in [2.05, 4.69) is 38.9 Å². The first kappa shape index (κ1) is 22.5. The van der Waals surface area contributed by atoms with Crippen molar-refractivity contribution in [3.05, 3.63) is 41.5 Å². The number of anilines is 1. The third kappa shape index (κ3) is 6.40. The SMILES string of the molecule is CCCCCCCc1nnc(SCC(=O)Nc2nc(-c3ccccc3)cs2)n1CC. The molecule has 2 heterocycles. The smallest absolute Gasteiger partial charge is 0.236 e. The highest BCUT2D eigenvalue weighted by molar-refractivity contribution is 7.99. The van der Waals surface area contributed by atoms with Crippen molar-refractivity contribution >= 4 is 34.1 Å². The van der Waals surface area contributed by atoms with E-state index in [1.54, 1.807) is 0 Å². The third-order valence-corrected chi connectivity index (χ3v) is 6.49. The number of thiazole rings is 1. The van der Waals surface area contributed by atoms with E-state index in [1.807, 2.05) is 35.7 Å². The van der Waals surface area contributed by atoms with Crippen LogP contribution in [0.1, 0.15) is 51.8 Å². The molecule has 0 saturated carbocycles. The van der Waals surface area contributed by atoms with Crippen LogP contribution < -0.4 is 5.32 Å². The average molecular weight is 444 g/mol. The molecule has 3 rings (SSSR count). The van der Waals surface area contributed by atoms with Crippen molar-refractivity contribution in [3.8, 4) is 11.3 Å². The second kappa shape index (κ2) is 11.9. The van der Waals surface area contributed by atoms with E-state index in [9.17, 15) is 4.79 Å². The summed E-state index contributed by atoms with van der Waals surface area (Å²) in [5.41, 5.74) is 1.92. The van der Waals surface area contributed by atoms with Crippen molar-refractivity contribution in [1.29, 1.82) is 0 Å². The van der Waals surface area contributed by atoms with Gasteiger partial charge in [-0.15, -0.1) is 21.5 Å². The Morgan fingerprint density at radius 3 is 2.67 bits per heavy atom. The molecule has 0 spiro atoms. The molecule has 0 aliphatic carbocycles. The number of carbonyl (C=O) groups is 1. The van der Waals surface area contributed by atoms with E-state index in [4.69, 9.17) is 0 Å². The molecular formula is C22H29N5OS2. The number of amides is 1. The molecule has 160 valence electrons. The maximum Gasteiger partial charge on any atom is 0.236 e. The molecule has 0 aliphatic heterocycles. The van der Waals surface area contributed by atoms with Crippen molar-refractivity contribution in [3.63, 3.8) is 0 Å². The minimum atomic E-state index is -0.0827. The standard InChI is InChI=1S/C22H29N5OS2/c1-3-5-6-7-11-14-19-25-26-22(27(19)4-2)30-16-20(28)24-21-23-18(15-29-21)17-12-9-8-10-13-17/h8-10,12-13,15H,3-7,11,14,16H2,1-2H3,(H,23,24,28). The summed E-state index contributed by atoms with van der Waals surface area (Å²) in [6, 6.07) is 9.95. The Morgan fingerprint density at radius 2 is 1.90 bits per heavy atom. The van der Waals surface area contributed by atoms with Gasteiger partial charge in [0.1, 0.15) is 5.82 Å². The fraction of sp³-hybridized carbons (Fsp3) is 0.455. The van der Waals surface area contributed by atoms with Gasteiger partial charge in [0.2, 0.25) is 5.91 Å². The van der Waals surface area contributed by atoms with Crippen molar-refractivity contribution in [2.45, 2.75) is 64.1 Å². The molecule has 0 atom stereocenters. The molecule has 2 aromatic heterocycles. The minimum absolute atomic E-state index is 0.0827. The zero-order chi connectivity index (χ0) is 21.2. The molecule has 0 bridgehead atoms. The number of nitrogens with one attached hydrogen (secondary N) is 1. The van der Waals surface area contributed by atoms with Crippen LogP contribution in [-0.2, 0) is 17.8 Å². The first-order chi connectivity index (χ1) is 14.7. The Kier molecular flexibility index (Phi) is 8.89. The highest BCUT2D eigenvalue weighted by Crippen LogP contribution is 2.25. The van der Waals surface area contributed by atoms with E-state index in [0.717, 1.165) is 41.6 Å².